The second-order valence-electron chi connectivity index (χ2n) is 0. The van der Waals surface area contributed by atoms with Crippen molar-refractivity contribution in [2.45, 2.75) is 0 Å². The molecule has 0 aromatic heterocycles. The monoisotopic (exact) mass is 472 g/mol. The average Bonchev–Trinajstić information content (AvgIpc) is 0. The van der Waals surface area contributed by atoms with E-state index in [1.807, 2.05) is 0 Å². The van der Waals surface area contributed by atoms with Crippen molar-refractivity contribution in [2.24, 2.45) is 0 Å². The maximum atomic E-state index is 0. The van der Waals surface area contributed by atoms with E-state index in [1.54, 1.807) is 0 Å². The fraction of sp³-hybridized carbons (Fsp3) is 0. The number of hydrogen-bond donors (Lipinski definition) is 0. The summed E-state index contributed by atoms with van der Waals surface area (Å²) < 4.78 is 0. The maximum absolute atomic E-state index is 0. The van der Waals surface area contributed by atoms with E-state index in [0.717, 1.165) is 0 Å². The zero-order valence-corrected chi connectivity index (χ0v) is 13.8. The molecule has 42 valence electrons. The van der Waals surface area contributed by atoms with Gasteiger partial charge in [0.1, 0.15) is 0 Å². The third kappa shape index (κ3) is 41.2. The van der Waals surface area contributed by atoms with Crippen LogP contribution in [0.4, 0.5) is 0 Å². The Morgan fingerprint density at radius 2 is 0.429 bits per heavy atom. The van der Waals surface area contributed by atoms with E-state index in [4.69, 9.17) is 0 Å². The van der Waals surface area contributed by atoms with Gasteiger partial charge in [-0.1, -0.05) is 0 Å². The topological polar surface area (TPSA) is 0 Å². The molecule has 0 amide bonds. The van der Waals surface area contributed by atoms with Crippen molar-refractivity contribution >= 4 is 71.7 Å². The van der Waals surface area contributed by atoms with E-state index < -0.39 is 0 Å². The molecule has 0 saturated carbocycles. The smallest absolute Gasteiger partial charge is 1.00 e. The van der Waals surface area contributed by atoms with Crippen LogP contribution in [-0.4, -0.2) is 71.7 Å². The molecule has 0 spiro atoms. The molecule has 0 fully saturated rings. The number of halogens is 5. The molecule has 2 radical (unpaired) electrons. The molecule has 0 bridgehead atoms. The van der Waals surface area contributed by atoms with Gasteiger partial charge in [-0.25, -0.2) is 0 Å². The van der Waals surface area contributed by atoms with Crippen molar-refractivity contribution < 1.29 is 62.0 Å². The van der Waals surface area contributed by atoms with Gasteiger partial charge in [-0.2, -0.15) is 0 Å². The molecule has 0 aliphatic carbocycles. The first kappa shape index (κ1) is 71.6. The molecule has 0 rings (SSSR count). The summed E-state index contributed by atoms with van der Waals surface area (Å²) in [6.07, 6.45) is 0. The van der Waals surface area contributed by atoms with Crippen LogP contribution in [0.25, 0.3) is 0 Å². The van der Waals surface area contributed by atoms with Crippen LogP contribution in [0.2, 0.25) is 0 Å². The zero-order valence-electron chi connectivity index (χ0n) is 3.04. The Balaban J connectivity index is 0. The molecule has 0 aromatic carbocycles. The van der Waals surface area contributed by atoms with E-state index >= 15 is 0 Å². The van der Waals surface area contributed by atoms with Crippen LogP contribution in [0, 0.1) is 0 Å². The summed E-state index contributed by atoms with van der Waals surface area (Å²) in [5, 5.41) is 0. The fourth-order valence-electron chi connectivity index (χ4n) is 0. The summed E-state index contributed by atoms with van der Waals surface area (Å²) in [6.45, 7) is 0. The van der Waals surface area contributed by atoms with E-state index in [9.17, 15) is 0 Å². The quantitative estimate of drug-likeness (QED) is 0.307. The van der Waals surface area contributed by atoms with Crippen LogP contribution in [-0.2, 0) is 0 Å². The predicted octanol–water partition coefficient (Wildman–Crippen LogP) is -15.7. The van der Waals surface area contributed by atoms with Crippen molar-refractivity contribution in [1.29, 1.82) is 0 Å². The SMILES string of the molecule is [Bi+3].[Cl-].[Cl-].[Cl-].[Cl-].[Cl-].[Sr+2]. The van der Waals surface area contributed by atoms with E-state index in [0.29, 0.717) is 0 Å². The molecular weight excluding hydrogens is 474 g/mol. The third-order valence-corrected chi connectivity index (χ3v) is 0. The normalized spacial score (nSPS) is 0. The largest absolute Gasteiger partial charge is 3.00 e. The molecule has 0 aromatic rings. The molecule has 7 heteroatoms. The first-order chi connectivity index (χ1) is 0. The number of hydrogen-bond acceptors (Lipinski definition) is 0. The number of rotatable bonds is 0. The van der Waals surface area contributed by atoms with E-state index in [1.165, 1.54) is 0 Å². The van der Waals surface area contributed by atoms with Gasteiger partial charge in [-0.05, 0) is 0 Å². The van der Waals surface area contributed by atoms with Crippen LogP contribution < -0.4 is 62.0 Å². The third-order valence-electron chi connectivity index (χ3n) is 0. The molecule has 0 aliphatic rings. The second kappa shape index (κ2) is 52.4. The van der Waals surface area contributed by atoms with Gasteiger partial charge in [-0.15, -0.1) is 0 Å². The Labute approximate surface area is 131 Å². The molecule has 0 heterocycles. The van der Waals surface area contributed by atoms with Gasteiger partial charge in [0.15, 0.2) is 0 Å². The molecule has 0 unspecified atom stereocenters. The Kier molecular flexibility index (Phi) is 536. The molecule has 0 nitrogen and oxygen atoms in total. The van der Waals surface area contributed by atoms with Crippen LogP contribution in [0.3, 0.4) is 0 Å². The minimum atomic E-state index is 0. The summed E-state index contributed by atoms with van der Waals surface area (Å²) in [5.41, 5.74) is 0. The van der Waals surface area contributed by atoms with Gasteiger partial charge in [0.05, 0.1) is 0 Å². The average molecular weight is 474 g/mol. The molecular formula is BiCl5Sr. The Bertz CT molecular complexity index is 8.04. The minimum absolute atomic E-state index is 0. The van der Waals surface area contributed by atoms with Crippen molar-refractivity contribution in [1.82, 2.24) is 0 Å². The predicted molar refractivity (Wildman–Crippen MR) is 11.5 cm³/mol. The minimum Gasteiger partial charge on any atom is -1.00 e. The van der Waals surface area contributed by atoms with Crippen molar-refractivity contribution in [3.63, 3.8) is 0 Å². The first-order valence-electron chi connectivity index (χ1n) is 0. The molecule has 0 N–H and O–H groups in total. The summed E-state index contributed by atoms with van der Waals surface area (Å²) in [4.78, 5) is 0. The summed E-state index contributed by atoms with van der Waals surface area (Å²) in [7, 11) is 0. The van der Waals surface area contributed by atoms with Gasteiger partial charge in [0, 0.05) is 0 Å². The van der Waals surface area contributed by atoms with E-state index in [2.05, 4.69) is 0 Å². The van der Waals surface area contributed by atoms with E-state index in [-0.39, 0.29) is 134 Å². The van der Waals surface area contributed by atoms with Crippen molar-refractivity contribution in [3.8, 4) is 0 Å². The molecule has 0 aliphatic heterocycles. The Hall–Kier alpha value is 3.81. The van der Waals surface area contributed by atoms with Gasteiger partial charge < -0.3 is 62.0 Å². The van der Waals surface area contributed by atoms with Crippen LogP contribution in [0.15, 0.2) is 0 Å². The zero-order chi connectivity index (χ0) is 0. The molecule has 0 saturated heterocycles. The summed E-state index contributed by atoms with van der Waals surface area (Å²) in [6, 6.07) is 0. The summed E-state index contributed by atoms with van der Waals surface area (Å²) >= 11 is 0. The summed E-state index contributed by atoms with van der Waals surface area (Å²) in [5.74, 6) is 0. The van der Waals surface area contributed by atoms with Crippen LogP contribution in [0.5, 0.6) is 0 Å². The van der Waals surface area contributed by atoms with Crippen LogP contribution >= 0.6 is 0 Å². The fourth-order valence-corrected chi connectivity index (χ4v) is 0. The Morgan fingerprint density at radius 3 is 0.429 bits per heavy atom. The van der Waals surface area contributed by atoms with Gasteiger partial charge in [0.2, 0.25) is 0 Å². The Morgan fingerprint density at radius 1 is 0.429 bits per heavy atom. The van der Waals surface area contributed by atoms with Crippen LogP contribution in [0.1, 0.15) is 0 Å². The molecule has 0 atom stereocenters. The standard InChI is InChI=1S/Bi.5ClH.Sr/h;5*1H;/q+3;;;;;;+2/p-5. The van der Waals surface area contributed by atoms with Gasteiger partial charge in [-0.3, -0.25) is 0 Å². The van der Waals surface area contributed by atoms with Crippen molar-refractivity contribution in [3.05, 3.63) is 0 Å². The molecule has 7 heavy (non-hydrogen) atoms. The van der Waals surface area contributed by atoms with Gasteiger partial charge >= 0.3 is 71.7 Å². The second-order valence-corrected chi connectivity index (χ2v) is 0. The maximum Gasteiger partial charge on any atom is 3.00 e. The van der Waals surface area contributed by atoms with Gasteiger partial charge in [0.25, 0.3) is 0 Å². The van der Waals surface area contributed by atoms with Crippen molar-refractivity contribution in [2.75, 3.05) is 0 Å². The first-order valence-corrected chi connectivity index (χ1v) is 0.